The summed E-state index contributed by atoms with van der Waals surface area (Å²) >= 11 is 0. The molecular formula is C26H49N2O5P. The van der Waals surface area contributed by atoms with Crippen molar-refractivity contribution in [1.82, 2.24) is 10.6 Å². The third-order valence-electron chi connectivity index (χ3n) is 5.92. The molecule has 0 heterocycles. The molecule has 0 fully saturated rings. The molecule has 0 spiro atoms. The zero-order chi connectivity index (χ0) is 25.6. The van der Waals surface area contributed by atoms with Gasteiger partial charge in [0.05, 0.1) is 0 Å². The van der Waals surface area contributed by atoms with Gasteiger partial charge in [0.1, 0.15) is 5.78 Å². The van der Waals surface area contributed by atoms with Gasteiger partial charge in [-0.2, -0.15) is 0 Å². The number of unbranched alkanes of at least 4 members (excludes halogenated alkanes) is 12. The molecule has 0 aromatic heterocycles. The Balaban J connectivity index is 4.03. The minimum atomic E-state index is -2.41. The molecule has 7 nitrogen and oxygen atoms in total. The smallest absolute Gasteiger partial charge is 0.217 e. The molecule has 0 rings (SSSR count). The van der Waals surface area contributed by atoms with E-state index >= 15 is 0 Å². The molecule has 0 aliphatic carbocycles. The van der Waals surface area contributed by atoms with Gasteiger partial charge in [0, 0.05) is 45.2 Å². The van der Waals surface area contributed by atoms with E-state index in [1.54, 1.807) is 7.05 Å². The minimum Gasteiger partial charge on any atom is -0.360 e. The lowest BCUT2D eigenvalue weighted by atomic mass is 10.0. The van der Waals surface area contributed by atoms with E-state index in [0.29, 0.717) is 13.0 Å². The molecule has 1 amide bonds. The van der Waals surface area contributed by atoms with Crippen LogP contribution in [0.2, 0.25) is 0 Å². The van der Waals surface area contributed by atoms with Crippen LogP contribution in [0.5, 0.6) is 0 Å². The summed E-state index contributed by atoms with van der Waals surface area (Å²) in [6.07, 6.45) is 16.5. The summed E-state index contributed by atoms with van der Waals surface area (Å²) in [4.78, 5) is 58.0. The molecule has 0 radical (unpaired) electrons. The van der Waals surface area contributed by atoms with Gasteiger partial charge in [-0.15, -0.1) is 0 Å². The molecule has 0 saturated carbocycles. The lowest BCUT2D eigenvalue weighted by Gasteiger charge is -2.18. The highest BCUT2D eigenvalue weighted by molar-refractivity contribution is 7.84. The second-order valence-electron chi connectivity index (χ2n) is 9.29. The normalized spacial score (nSPS) is 12.8. The summed E-state index contributed by atoms with van der Waals surface area (Å²) in [6.45, 7) is 3.96. The second kappa shape index (κ2) is 22.3. The monoisotopic (exact) mass is 500 g/mol. The van der Waals surface area contributed by atoms with Crippen LogP contribution in [0, 0.1) is 0 Å². The highest BCUT2D eigenvalue weighted by Gasteiger charge is 2.27. The van der Waals surface area contributed by atoms with E-state index in [0.717, 1.165) is 19.3 Å². The summed E-state index contributed by atoms with van der Waals surface area (Å²) in [6, 6.07) is -0.672. The third kappa shape index (κ3) is 19.2. The molecule has 8 heteroatoms. The number of Topliss-reactive ketones (excluding diaryl/α,β-unsaturated/α-hetero) is 1. The number of hydrogen-bond acceptors (Lipinski definition) is 6. The van der Waals surface area contributed by atoms with Crippen molar-refractivity contribution in [3.8, 4) is 0 Å². The van der Waals surface area contributed by atoms with Gasteiger partial charge in [0.15, 0.2) is 19.2 Å². The molecule has 3 N–H and O–H groups in total. The Morgan fingerprint density at radius 3 is 1.71 bits per heavy atom. The highest BCUT2D eigenvalue weighted by atomic mass is 31.1. The molecule has 2 unspecified atom stereocenters. The van der Waals surface area contributed by atoms with Crippen LogP contribution < -0.4 is 10.6 Å². The topological polar surface area (TPSA) is 113 Å². The highest BCUT2D eigenvalue weighted by Crippen LogP contribution is 2.35. The van der Waals surface area contributed by atoms with E-state index in [-0.39, 0.29) is 31.0 Å². The van der Waals surface area contributed by atoms with Gasteiger partial charge in [0.2, 0.25) is 5.91 Å². The van der Waals surface area contributed by atoms with Crippen molar-refractivity contribution in [2.45, 2.75) is 129 Å². The van der Waals surface area contributed by atoms with Gasteiger partial charge in [-0.25, -0.2) is 0 Å². The first-order chi connectivity index (χ1) is 16.3. The molecular weight excluding hydrogens is 451 g/mol. The van der Waals surface area contributed by atoms with Gasteiger partial charge in [-0.1, -0.05) is 84.0 Å². The molecule has 0 aliphatic heterocycles. The minimum absolute atomic E-state index is 0.00148. The average molecular weight is 501 g/mol. The number of hydrogen-bond donors (Lipinski definition) is 3. The van der Waals surface area contributed by atoms with Gasteiger partial charge in [-0.05, 0) is 13.5 Å². The van der Waals surface area contributed by atoms with Crippen molar-refractivity contribution in [2.75, 3.05) is 13.6 Å². The predicted molar refractivity (Wildman–Crippen MR) is 140 cm³/mol. The maximum atomic E-state index is 12.4. The van der Waals surface area contributed by atoms with Crippen molar-refractivity contribution >= 4 is 30.9 Å². The molecule has 0 aromatic rings. The van der Waals surface area contributed by atoms with E-state index in [1.165, 1.54) is 71.1 Å². The number of carbonyl (C=O) groups is 4. The van der Waals surface area contributed by atoms with Crippen molar-refractivity contribution in [3.05, 3.63) is 0 Å². The van der Waals surface area contributed by atoms with E-state index in [2.05, 4.69) is 17.6 Å². The number of ketones is 1. The van der Waals surface area contributed by atoms with E-state index < -0.39 is 25.2 Å². The maximum absolute atomic E-state index is 12.4. The number of rotatable bonds is 24. The number of nitrogens with one attached hydrogen (secondary N) is 2. The molecule has 0 saturated heterocycles. The van der Waals surface area contributed by atoms with Crippen molar-refractivity contribution < 1.29 is 24.1 Å². The molecule has 0 aliphatic rings. The van der Waals surface area contributed by atoms with Crippen molar-refractivity contribution in [2.24, 2.45) is 0 Å². The van der Waals surface area contributed by atoms with Crippen LogP contribution in [0.1, 0.15) is 123 Å². The van der Waals surface area contributed by atoms with Crippen LogP contribution >= 0.6 is 8.15 Å². The largest absolute Gasteiger partial charge is 0.360 e. The van der Waals surface area contributed by atoms with Gasteiger partial charge >= 0.3 is 0 Å². The Labute approximate surface area is 208 Å². The van der Waals surface area contributed by atoms with E-state index in [1.807, 2.05) is 0 Å². The van der Waals surface area contributed by atoms with Gasteiger partial charge < -0.3 is 15.5 Å². The fourth-order valence-electron chi connectivity index (χ4n) is 3.95. The van der Waals surface area contributed by atoms with E-state index in [4.69, 9.17) is 0 Å². The Hall–Kier alpha value is -1.17. The van der Waals surface area contributed by atoms with Crippen molar-refractivity contribution in [3.63, 3.8) is 0 Å². The molecule has 198 valence electrons. The lowest BCUT2D eigenvalue weighted by Crippen LogP contribution is -2.36. The number of amides is 1. The first-order valence-corrected chi connectivity index (χ1v) is 14.6. The molecule has 34 heavy (non-hydrogen) atoms. The SMILES string of the molecule is CCCCCCCCCCCCCCCC(=O)CC(CC(=O)P(O)C(=O)CCNC)NC(C)=O. The van der Waals surface area contributed by atoms with Crippen LogP contribution in [-0.4, -0.2) is 47.3 Å². The van der Waals surface area contributed by atoms with E-state index in [9.17, 15) is 24.1 Å². The van der Waals surface area contributed by atoms with Gasteiger partial charge in [-0.3, -0.25) is 19.2 Å². The summed E-state index contributed by atoms with van der Waals surface area (Å²) < 4.78 is 0. The lowest BCUT2D eigenvalue weighted by molar-refractivity contribution is -0.122. The van der Waals surface area contributed by atoms with Crippen LogP contribution in [0.15, 0.2) is 0 Å². The zero-order valence-corrected chi connectivity index (χ0v) is 22.7. The standard InChI is InChI=1S/C26H49N2O5P/c1-4-5-6-7-8-9-10-11-12-13-14-15-16-17-24(30)20-23(28-22(2)29)21-26(32)34(33)25(31)18-19-27-3/h23,27,33H,4-21H2,1-3H3,(H,28,29). The summed E-state index contributed by atoms with van der Waals surface area (Å²) in [5.74, 6) is -0.339. The predicted octanol–water partition coefficient (Wildman–Crippen LogP) is 5.37. The average Bonchev–Trinajstić information content (AvgIpc) is 2.79. The third-order valence-corrected chi connectivity index (χ3v) is 7.27. The Morgan fingerprint density at radius 2 is 1.24 bits per heavy atom. The first kappa shape index (κ1) is 32.8. The zero-order valence-electron chi connectivity index (χ0n) is 21.8. The Morgan fingerprint density at radius 1 is 0.735 bits per heavy atom. The molecule has 0 aromatic carbocycles. The first-order valence-electron chi connectivity index (χ1n) is 13.3. The van der Waals surface area contributed by atoms with Crippen LogP contribution in [0.25, 0.3) is 0 Å². The molecule has 2 atom stereocenters. The maximum Gasteiger partial charge on any atom is 0.217 e. The fourth-order valence-corrected chi connectivity index (χ4v) is 4.95. The fraction of sp³-hybridized carbons (Fsp3) is 0.846. The van der Waals surface area contributed by atoms with Crippen LogP contribution in [0.3, 0.4) is 0 Å². The Bertz CT molecular complexity index is 586. The number of carbonyl (C=O) groups excluding carboxylic acids is 4. The molecule has 0 bridgehead atoms. The van der Waals surface area contributed by atoms with Crippen LogP contribution in [-0.2, 0) is 19.2 Å². The second-order valence-corrected chi connectivity index (χ2v) is 10.9. The summed E-state index contributed by atoms with van der Waals surface area (Å²) in [7, 11) is -0.720. The van der Waals surface area contributed by atoms with Crippen molar-refractivity contribution in [1.29, 1.82) is 0 Å². The Kier molecular flexibility index (Phi) is 21.5. The quantitative estimate of drug-likeness (QED) is 0.121. The summed E-state index contributed by atoms with van der Waals surface area (Å²) in [5, 5.41) is 5.42. The van der Waals surface area contributed by atoms with Crippen LogP contribution in [0.4, 0.5) is 0 Å². The summed E-state index contributed by atoms with van der Waals surface area (Å²) in [5.41, 5.74) is -1.09. The van der Waals surface area contributed by atoms with Gasteiger partial charge in [0.25, 0.3) is 0 Å².